The first-order chi connectivity index (χ1) is 21.9. The van der Waals surface area contributed by atoms with Gasteiger partial charge in [-0.05, 0) is 107 Å². The first kappa shape index (κ1) is 34.3. The number of fused-ring (bicyclic) bond motifs is 3. The Labute approximate surface area is 278 Å². The Balaban J connectivity index is 1.50. The van der Waals surface area contributed by atoms with E-state index in [1.54, 1.807) is 32.7 Å². The lowest BCUT2D eigenvalue weighted by molar-refractivity contribution is -0.163. The molecule has 250 valence electrons. The van der Waals surface area contributed by atoms with Crippen LogP contribution in [0.2, 0.25) is 5.02 Å². The van der Waals surface area contributed by atoms with Crippen molar-refractivity contribution < 1.29 is 28.9 Å². The molecule has 8 nitrogen and oxygen atoms in total. The van der Waals surface area contributed by atoms with Crippen LogP contribution in [0.3, 0.4) is 0 Å². The van der Waals surface area contributed by atoms with Crippen molar-refractivity contribution in [3.63, 3.8) is 0 Å². The fourth-order valence-corrected chi connectivity index (χ4v) is 7.12. The number of allylic oxidation sites excluding steroid dienone is 1. The van der Waals surface area contributed by atoms with Crippen LogP contribution in [0.5, 0.6) is 5.75 Å². The van der Waals surface area contributed by atoms with Gasteiger partial charge in [-0.25, -0.2) is 4.79 Å². The van der Waals surface area contributed by atoms with Crippen molar-refractivity contribution >= 4 is 29.2 Å². The van der Waals surface area contributed by atoms with Crippen molar-refractivity contribution in [1.82, 2.24) is 4.90 Å². The Morgan fingerprint density at radius 1 is 1.07 bits per heavy atom. The highest BCUT2D eigenvalue weighted by molar-refractivity contribution is 6.30. The van der Waals surface area contributed by atoms with Crippen LogP contribution in [0.15, 0.2) is 48.6 Å². The number of carbonyl (C=O) groups is 2. The number of amides is 1. The summed E-state index contributed by atoms with van der Waals surface area (Å²) in [5.41, 5.74) is 1.48. The van der Waals surface area contributed by atoms with E-state index in [9.17, 15) is 14.7 Å². The van der Waals surface area contributed by atoms with E-state index in [1.165, 1.54) is 11.1 Å². The molecule has 2 bridgehead atoms. The van der Waals surface area contributed by atoms with Crippen molar-refractivity contribution in [3.05, 3.63) is 70.3 Å². The molecule has 0 saturated heterocycles. The molecule has 2 heterocycles. The summed E-state index contributed by atoms with van der Waals surface area (Å²) in [5.74, 6) is 0.0203. The monoisotopic (exact) mass is 652 g/mol. The Bertz CT molecular complexity index is 1440. The number of hydrogen-bond acceptors (Lipinski definition) is 7. The number of benzene rings is 2. The van der Waals surface area contributed by atoms with Gasteiger partial charge >= 0.3 is 5.97 Å². The number of nitrogens with zero attached hydrogens (tertiary/aromatic N) is 2. The van der Waals surface area contributed by atoms with E-state index < -0.39 is 17.2 Å². The number of carbonyl (C=O) groups excluding carboxylic acids is 2. The molecule has 1 spiro atoms. The van der Waals surface area contributed by atoms with E-state index in [0.29, 0.717) is 18.7 Å². The first-order valence-corrected chi connectivity index (χ1v) is 17.0. The van der Waals surface area contributed by atoms with E-state index in [-0.39, 0.29) is 31.0 Å². The van der Waals surface area contributed by atoms with Gasteiger partial charge in [-0.3, -0.25) is 4.79 Å². The molecule has 2 aliphatic heterocycles. The Morgan fingerprint density at radius 2 is 1.87 bits per heavy atom. The van der Waals surface area contributed by atoms with Gasteiger partial charge in [0.2, 0.25) is 5.91 Å². The number of anilines is 1. The van der Waals surface area contributed by atoms with Gasteiger partial charge in [-0.2, -0.15) is 0 Å². The molecule has 46 heavy (non-hydrogen) atoms. The molecule has 9 heteroatoms. The topological polar surface area (TPSA) is 88.5 Å². The predicted molar refractivity (Wildman–Crippen MR) is 181 cm³/mol. The van der Waals surface area contributed by atoms with Crippen molar-refractivity contribution in [2.45, 2.75) is 88.8 Å². The fourth-order valence-electron chi connectivity index (χ4n) is 6.93. The molecule has 5 rings (SSSR count). The fraction of sp³-hybridized carbons (Fsp3) is 0.568. The maximum absolute atomic E-state index is 13.4. The molecule has 0 radical (unpaired) electrons. The van der Waals surface area contributed by atoms with Crippen molar-refractivity contribution in [2.24, 2.45) is 0 Å². The third-order valence-electron chi connectivity index (χ3n) is 9.27. The van der Waals surface area contributed by atoms with Crippen molar-refractivity contribution in [3.8, 4) is 5.75 Å². The Hall–Kier alpha value is -3.07. The van der Waals surface area contributed by atoms with E-state index >= 15 is 0 Å². The van der Waals surface area contributed by atoms with E-state index in [1.807, 2.05) is 24.3 Å². The molecule has 3 aliphatic rings. The first-order valence-electron chi connectivity index (χ1n) is 16.6. The normalized spacial score (nSPS) is 25.0. The van der Waals surface area contributed by atoms with Crippen LogP contribution < -0.4 is 9.64 Å². The minimum Gasteiger partial charge on any atom is -0.490 e. The maximum Gasteiger partial charge on any atom is 0.332 e. The van der Waals surface area contributed by atoms with Gasteiger partial charge in [-0.15, -0.1) is 0 Å². The highest BCUT2D eigenvalue weighted by Gasteiger charge is 2.42. The van der Waals surface area contributed by atoms with Crippen molar-refractivity contribution in [1.29, 1.82) is 0 Å². The number of aliphatic hydroxyl groups is 1. The largest absolute Gasteiger partial charge is 0.490 e. The van der Waals surface area contributed by atoms with E-state index in [0.717, 1.165) is 74.5 Å². The van der Waals surface area contributed by atoms with Crippen LogP contribution in [0.1, 0.15) is 82.4 Å². The van der Waals surface area contributed by atoms with Crippen LogP contribution in [-0.4, -0.2) is 74.0 Å². The molecule has 0 unspecified atom stereocenters. The summed E-state index contributed by atoms with van der Waals surface area (Å²) >= 11 is 6.42. The zero-order chi connectivity index (χ0) is 33.0. The summed E-state index contributed by atoms with van der Waals surface area (Å²) in [6, 6.07) is 11.9. The van der Waals surface area contributed by atoms with Gasteiger partial charge in [0.15, 0.2) is 0 Å². The van der Waals surface area contributed by atoms with Gasteiger partial charge in [0.05, 0.1) is 25.3 Å². The highest BCUT2D eigenvalue weighted by atomic mass is 35.5. The third-order valence-corrected chi connectivity index (χ3v) is 9.51. The van der Waals surface area contributed by atoms with Crippen LogP contribution >= 0.6 is 11.6 Å². The third kappa shape index (κ3) is 8.25. The summed E-state index contributed by atoms with van der Waals surface area (Å²) in [5, 5.41) is 13.0. The number of ether oxygens (including phenoxy) is 3. The number of aryl methyl sites for hydroxylation is 1. The molecule has 1 aliphatic carbocycles. The van der Waals surface area contributed by atoms with E-state index in [2.05, 4.69) is 29.2 Å². The lowest BCUT2D eigenvalue weighted by Crippen LogP contribution is -2.46. The zero-order valence-electron chi connectivity index (χ0n) is 27.8. The van der Waals surface area contributed by atoms with Crippen LogP contribution in [0, 0.1) is 0 Å². The van der Waals surface area contributed by atoms with Crippen molar-refractivity contribution in [2.75, 3.05) is 51.4 Å². The summed E-state index contributed by atoms with van der Waals surface area (Å²) in [7, 11) is 1.75. The van der Waals surface area contributed by atoms with Gasteiger partial charge in [0.1, 0.15) is 23.6 Å². The predicted octanol–water partition coefficient (Wildman–Crippen LogP) is 6.34. The average molecular weight is 653 g/mol. The average Bonchev–Trinajstić information content (AvgIpc) is 3.14. The van der Waals surface area contributed by atoms with Gasteiger partial charge in [0, 0.05) is 37.1 Å². The lowest BCUT2D eigenvalue weighted by atomic mass is 9.70. The van der Waals surface area contributed by atoms with Gasteiger partial charge in [-0.1, -0.05) is 35.9 Å². The minimum atomic E-state index is -1.68. The molecule has 1 amide bonds. The quantitative estimate of drug-likeness (QED) is 0.305. The molecule has 2 aromatic rings. The minimum absolute atomic E-state index is 0.195. The molecular formula is C37H49ClN2O6. The summed E-state index contributed by atoms with van der Waals surface area (Å²) in [4.78, 5) is 29.9. The zero-order valence-corrected chi connectivity index (χ0v) is 28.5. The lowest BCUT2D eigenvalue weighted by Gasteiger charge is -2.41. The highest BCUT2D eigenvalue weighted by Crippen LogP contribution is 2.45. The van der Waals surface area contributed by atoms with Crippen LogP contribution in [0.25, 0.3) is 0 Å². The molecule has 0 fully saturated rings. The number of hydrogen-bond donors (Lipinski definition) is 1. The smallest absolute Gasteiger partial charge is 0.332 e. The summed E-state index contributed by atoms with van der Waals surface area (Å²) in [6.07, 6.45) is 11.0. The SMILES string of the molecule is CN1CC/C=C\CCCCN2C[C@@]3(CCCc4cc(Cl)ccc43)COc3ccc(cc32)[C@@](O)(COCC(=O)OC(C)(C)C)CC1=O. The second-order valence-electron chi connectivity index (χ2n) is 14.2. The van der Waals surface area contributed by atoms with Crippen LogP contribution in [0.4, 0.5) is 5.69 Å². The number of esters is 1. The van der Waals surface area contributed by atoms with Crippen LogP contribution in [-0.2, 0) is 36.5 Å². The molecular weight excluding hydrogens is 604 g/mol. The second-order valence-corrected chi connectivity index (χ2v) is 14.6. The standard InChI is InChI=1S/C37H49ClN2O6/c1-35(2,3)46-34(42)23-44-26-37(43)22-33(41)39(4)18-9-7-5-6-8-10-19-40-24-36(25-45-32-16-13-28(37)21-31(32)40)17-11-12-27-20-29(38)14-15-30(27)36/h5,7,13-16,20-21,43H,6,8-12,17-19,22-26H2,1-4H3/b7-5-/t36-,37-/m0/s1. The molecule has 0 saturated carbocycles. The second kappa shape index (κ2) is 14.4. The maximum atomic E-state index is 13.4. The summed E-state index contributed by atoms with van der Waals surface area (Å²) < 4.78 is 17.8. The van der Waals surface area contributed by atoms with Gasteiger partial charge in [0.25, 0.3) is 0 Å². The molecule has 0 aromatic heterocycles. The van der Waals surface area contributed by atoms with E-state index in [4.69, 9.17) is 25.8 Å². The van der Waals surface area contributed by atoms with Gasteiger partial charge < -0.3 is 29.1 Å². The molecule has 1 N–H and O–H groups in total. The molecule has 2 atom stereocenters. The number of rotatable bonds is 4. The summed E-state index contributed by atoms with van der Waals surface area (Å²) in [6.45, 7) is 7.47. The number of halogens is 1. The molecule has 2 aromatic carbocycles. The Kier molecular flexibility index (Phi) is 10.7. The Morgan fingerprint density at radius 3 is 2.67 bits per heavy atom.